The van der Waals surface area contributed by atoms with E-state index in [1.54, 1.807) is 7.11 Å². The van der Waals surface area contributed by atoms with Crippen LogP contribution in [0.2, 0.25) is 0 Å². The first-order valence-electron chi connectivity index (χ1n) is 8.07. The van der Waals surface area contributed by atoms with Crippen LogP contribution in [0.3, 0.4) is 0 Å². The standard InChI is InChI=1S/C20H23N3O/c1-16-11-17(9-10-20(16)24-3)13-22(2)14-18-12-21-23(15-18)19-7-5-4-6-8-19/h4-12,15H,13-14H2,1-3H3. The van der Waals surface area contributed by atoms with E-state index in [1.807, 2.05) is 35.1 Å². The predicted molar refractivity (Wildman–Crippen MR) is 96.5 cm³/mol. The number of para-hydroxylation sites is 1. The van der Waals surface area contributed by atoms with E-state index in [-0.39, 0.29) is 0 Å². The average molecular weight is 321 g/mol. The lowest BCUT2D eigenvalue weighted by Crippen LogP contribution is -2.17. The van der Waals surface area contributed by atoms with Crippen molar-refractivity contribution in [2.24, 2.45) is 0 Å². The molecular weight excluding hydrogens is 298 g/mol. The smallest absolute Gasteiger partial charge is 0.121 e. The molecule has 2 aromatic carbocycles. The quantitative estimate of drug-likeness (QED) is 0.691. The molecule has 0 fully saturated rings. The van der Waals surface area contributed by atoms with Gasteiger partial charge in [0.25, 0.3) is 0 Å². The second-order valence-electron chi connectivity index (χ2n) is 6.10. The SMILES string of the molecule is COc1ccc(CN(C)Cc2cnn(-c3ccccc3)c2)cc1C. The number of nitrogens with zero attached hydrogens (tertiary/aromatic N) is 3. The molecule has 0 aliphatic heterocycles. The van der Waals surface area contributed by atoms with Gasteiger partial charge in [0.2, 0.25) is 0 Å². The Labute approximate surface area is 143 Å². The van der Waals surface area contributed by atoms with Crippen molar-refractivity contribution in [3.63, 3.8) is 0 Å². The Hall–Kier alpha value is -2.59. The molecule has 3 rings (SSSR count). The highest BCUT2D eigenvalue weighted by atomic mass is 16.5. The van der Waals surface area contributed by atoms with Crippen LogP contribution >= 0.6 is 0 Å². The van der Waals surface area contributed by atoms with E-state index >= 15 is 0 Å². The number of hydrogen-bond donors (Lipinski definition) is 0. The van der Waals surface area contributed by atoms with E-state index in [4.69, 9.17) is 4.74 Å². The van der Waals surface area contributed by atoms with Crippen LogP contribution in [0.5, 0.6) is 5.75 Å². The van der Waals surface area contributed by atoms with Crippen molar-refractivity contribution in [2.75, 3.05) is 14.2 Å². The number of aryl methyl sites for hydroxylation is 1. The van der Waals surface area contributed by atoms with Crippen molar-refractivity contribution in [3.05, 3.63) is 77.6 Å². The minimum atomic E-state index is 0.859. The number of benzene rings is 2. The summed E-state index contributed by atoms with van der Waals surface area (Å²) >= 11 is 0. The van der Waals surface area contributed by atoms with Gasteiger partial charge in [-0.25, -0.2) is 4.68 Å². The Morgan fingerprint density at radius 2 is 1.79 bits per heavy atom. The number of aromatic nitrogens is 2. The molecule has 0 spiro atoms. The normalized spacial score (nSPS) is 11.0. The van der Waals surface area contributed by atoms with E-state index in [9.17, 15) is 0 Å². The van der Waals surface area contributed by atoms with Gasteiger partial charge in [-0.05, 0) is 43.3 Å². The number of hydrogen-bond acceptors (Lipinski definition) is 3. The zero-order valence-corrected chi connectivity index (χ0v) is 14.4. The molecule has 0 N–H and O–H groups in total. The van der Waals surface area contributed by atoms with E-state index in [0.29, 0.717) is 0 Å². The van der Waals surface area contributed by atoms with Crippen molar-refractivity contribution in [3.8, 4) is 11.4 Å². The Kier molecular flexibility index (Phi) is 4.96. The number of methoxy groups -OCH3 is 1. The predicted octanol–water partition coefficient (Wildman–Crippen LogP) is 3.82. The third-order valence-corrected chi connectivity index (χ3v) is 4.02. The van der Waals surface area contributed by atoms with Crippen molar-refractivity contribution in [1.82, 2.24) is 14.7 Å². The summed E-state index contributed by atoms with van der Waals surface area (Å²) in [6.07, 6.45) is 4.02. The van der Waals surface area contributed by atoms with Crippen molar-refractivity contribution >= 4 is 0 Å². The van der Waals surface area contributed by atoms with Crippen LogP contribution in [0.15, 0.2) is 60.9 Å². The van der Waals surface area contributed by atoms with Gasteiger partial charge in [0.15, 0.2) is 0 Å². The molecule has 1 aromatic heterocycles. The molecule has 0 saturated carbocycles. The summed E-state index contributed by atoms with van der Waals surface area (Å²) in [6, 6.07) is 16.5. The maximum absolute atomic E-state index is 5.32. The zero-order valence-electron chi connectivity index (χ0n) is 14.4. The fourth-order valence-corrected chi connectivity index (χ4v) is 2.88. The molecule has 0 aliphatic rings. The average Bonchev–Trinajstić information content (AvgIpc) is 3.04. The summed E-state index contributed by atoms with van der Waals surface area (Å²) in [5.41, 5.74) is 4.73. The van der Waals surface area contributed by atoms with Gasteiger partial charge in [-0.3, -0.25) is 4.90 Å². The van der Waals surface area contributed by atoms with Crippen molar-refractivity contribution < 1.29 is 4.74 Å². The van der Waals surface area contributed by atoms with Gasteiger partial charge < -0.3 is 4.74 Å². The first-order chi connectivity index (χ1) is 11.7. The molecule has 3 aromatic rings. The van der Waals surface area contributed by atoms with Crippen LogP contribution in [-0.4, -0.2) is 28.8 Å². The van der Waals surface area contributed by atoms with E-state index in [1.165, 1.54) is 16.7 Å². The summed E-state index contributed by atoms with van der Waals surface area (Å²) in [5.74, 6) is 0.936. The topological polar surface area (TPSA) is 30.3 Å². The highest BCUT2D eigenvalue weighted by Crippen LogP contribution is 2.19. The van der Waals surface area contributed by atoms with E-state index < -0.39 is 0 Å². The van der Waals surface area contributed by atoms with Crippen LogP contribution in [0, 0.1) is 6.92 Å². The number of rotatable bonds is 6. The van der Waals surface area contributed by atoms with Gasteiger partial charge in [-0.1, -0.05) is 30.3 Å². The molecule has 0 bridgehead atoms. The maximum atomic E-state index is 5.32. The molecule has 4 nitrogen and oxygen atoms in total. The van der Waals surface area contributed by atoms with Gasteiger partial charge in [-0.15, -0.1) is 0 Å². The van der Waals surface area contributed by atoms with Gasteiger partial charge in [0.1, 0.15) is 5.75 Å². The summed E-state index contributed by atoms with van der Waals surface area (Å²) in [5, 5.41) is 4.46. The summed E-state index contributed by atoms with van der Waals surface area (Å²) < 4.78 is 7.24. The first-order valence-corrected chi connectivity index (χ1v) is 8.07. The molecule has 0 radical (unpaired) electrons. The van der Waals surface area contributed by atoms with Crippen LogP contribution in [0.25, 0.3) is 5.69 Å². The Morgan fingerprint density at radius 3 is 2.50 bits per heavy atom. The summed E-state index contributed by atoms with van der Waals surface area (Å²) in [6.45, 7) is 3.82. The molecule has 0 amide bonds. The van der Waals surface area contributed by atoms with Gasteiger partial charge in [0, 0.05) is 24.8 Å². The van der Waals surface area contributed by atoms with Crippen molar-refractivity contribution in [2.45, 2.75) is 20.0 Å². The Morgan fingerprint density at radius 1 is 1.04 bits per heavy atom. The molecule has 0 unspecified atom stereocenters. The van der Waals surface area contributed by atoms with Crippen LogP contribution in [0.1, 0.15) is 16.7 Å². The molecule has 4 heteroatoms. The minimum absolute atomic E-state index is 0.859. The lowest BCUT2D eigenvalue weighted by molar-refractivity contribution is 0.318. The second kappa shape index (κ2) is 7.32. The van der Waals surface area contributed by atoms with Crippen LogP contribution in [-0.2, 0) is 13.1 Å². The molecule has 124 valence electrons. The van der Waals surface area contributed by atoms with Gasteiger partial charge in [0.05, 0.1) is 19.0 Å². The lowest BCUT2D eigenvalue weighted by Gasteiger charge is -2.16. The van der Waals surface area contributed by atoms with Gasteiger partial charge >= 0.3 is 0 Å². The third kappa shape index (κ3) is 3.84. The maximum Gasteiger partial charge on any atom is 0.121 e. The highest BCUT2D eigenvalue weighted by molar-refractivity contribution is 5.36. The zero-order chi connectivity index (χ0) is 16.9. The fraction of sp³-hybridized carbons (Fsp3) is 0.250. The lowest BCUT2D eigenvalue weighted by atomic mass is 10.1. The van der Waals surface area contributed by atoms with Crippen LogP contribution < -0.4 is 4.74 Å². The fourth-order valence-electron chi connectivity index (χ4n) is 2.88. The Balaban J connectivity index is 1.64. The van der Waals surface area contributed by atoms with Gasteiger partial charge in [-0.2, -0.15) is 5.10 Å². The van der Waals surface area contributed by atoms with Crippen LogP contribution in [0.4, 0.5) is 0 Å². The molecule has 1 heterocycles. The minimum Gasteiger partial charge on any atom is -0.496 e. The monoisotopic (exact) mass is 321 g/mol. The van der Waals surface area contributed by atoms with Crippen molar-refractivity contribution in [1.29, 1.82) is 0 Å². The molecule has 0 atom stereocenters. The number of ether oxygens (including phenoxy) is 1. The van der Waals surface area contributed by atoms with E-state index in [2.05, 4.69) is 54.4 Å². The second-order valence-corrected chi connectivity index (χ2v) is 6.10. The molecule has 0 aliphatic carbocycles. The summed E-state index contributed by atoms with van der Waals surface area (Å²) in [7, 11) is 3.83. The molecular formula is C20H23N3O. The van der Waals surface area contributed by atoms with E-state index in [0.717, 1.165) is 24.5 Å². The first kappa shape index (κ1) is 16.3. The Bertz CT molecular complexity index is 796. The summed E-state index contributed by atoms with van der Waals surface area (Å²) in [4.78, 5) is 2.29. The molecule has 0 saturated heterocycles. The third-order valence-electron chi connectivity index (χ3n) is 4.02. The largest absolute Gasteiger partial charge is 0.496 e. The highest BCUT2D eigenvalue weighted by Gasteiger charge is 2.07. The molecule has 24 heavy (non-hydrogen) atoms.